The minimum absolute atomic E-state index is 0.00334. The van der Waals surface area contributed by atoms with Gasteiger partial charge in [-0.25, -0.2) is 0 Å². The summed E-state index contributed by atoms with van der Waals surface area (Å²) in [6.45, 7) is 2.07. The van der Waals surface area contributed by atoms with Crippen LogP contribution in [-0.2, 0) is 6.42 Å². The Morgan fingerprint density at radius 1 is 1.27 bits per heavy atom. The summed E-state index contributed by atoms with van der Waals surface area (Å²) >= 11 is 0. The van der Waals surface area contributed by atoms with E-state index in [1.54, 1.807) is 0 Å². The van der Waals surface area contributed by atoms with Gasteiger partial charge in [0.2, 0.25) is 5.96 Å². The van der Waals surface area contributed by atoms with E-state index in [0.717, 1.165) is 18.6 Å². The van der Waals surface area contributed by atoms with E-state index in [-0.39, 0.29) is 5.96 Å². The summed E-state index contributed by atoms with van der Waals surface area (Å²) in [5, 5.41) is 7.76. The van der Waals surface area contributed by atoms with Gasteiger partial charge in [0, 0.05) is 5.56 Å². The number of fused-ring (bicyclic) bond motifs is 1. The summed E-state index contributed by atoms with van der Waals surface area (Å²) < 4.78 is 0. The van der Waals surface area contributed by atoms with Gasteiger partial charge in [-0.15, -0.1) is 5.10 Å². The number of hydrogen-bond acceptors (Lipinski definition) is 2. The second-order valence-corrected chi connectivity index (χ2v) is 3.73. The van der Waals surface area contributed by atoms with Crippen molar-refractivity contribution in [3.05, 3.63) is 34.9 Å². The molecule has 0 spiro atoms. The van der Waals surface area contributed by atoms with Gasteiger partial charge in [-0.3, -0.25) is 0 Å². The minimum Gasteiger partial charge on any atom is -0.369 e. The third-order valence-electron chi connectivity index (χ3n) is 2.49. The average molecular weight is 202 g/mol. The maximum absolute atomic E-state index is 5.24. The molecule has 1 aliphatic carbocycles. The van der Waals surface area contributed by atoms with Crippen LogP contribution in [0.1, 0.15) is 23.1 Å². The second kappa shape index (κ2) is 3.73. The topological polar surface area (TPSA) is 76.8 Å². The van der Waals surface area contributed by atoms with Crippen LogP contribution in [-0.4, -0.2) is 11.7 Å². The molecule has 0 fully saturated rings. The molecular formula is C11H14N4. The number of guanidine groups is 1. The first-order valence-corrected chi connectivity index (χ1v) is 4.92. The maximum Gasteiger partial charge on any atom is 0.211 e. The smallest absolute Gasteiger partial charge is 0.211 e. The first-order chi connectivity index (χ1) is 7.16. The summed E-state index contributed by atoms with van der Waals surface area (Å²) in [6, 6.07) is 6.38. The molecule has 0 amide bonds. The molecule has 1 aromatic rings. The predicted molar refractivity (Wildman–Crippen MR) is 61.8 cm³/mol. The summed E-state index contributed by atoms with van der Waals surface area (Å²) in [5.74, 6) is 0.00334. The quantitative estimate of drug-likeness (QED) is 0.403. The number of aryl methyl sites for hydroxylation is 2. The fourth-order valence-corrected chi connectivity index (χ4v) is 1.79. The molecule has 0 aliphatic heterocycles. The fourth-order valence-electron chi connectivity index (χ4n) is 1.79. The van der Waals surface area contributed by atoms with Crippen LogP contribution in [0.5, 0.6) is 0 Å². The van der Waals surface area contributed by atoms with Crippen molar-refractivity contribution < 1.29 is 0 Å². The first kappa shape index (κ1) is 9.71. The molecule has 0 saturated heterocycles. The Kier molecular flexibility index (Phi) is 2.41. The number of hydrogen-bond donors (Lipinski definition) is 2. The van der Waals surface area contributed by atoms with E-state index in [2.05, 4.69) is 35.3 Å². The number of rotatable bonds is 1. The highest BCUT2D eigenvalue weighted by Gasteiger charge is 2.17. The zero-order valence-electron chi connectivity index (χ0n) is 8.70. The van der Waals surface area contributed by atoms with Gasteiger partial charge in [-0.1, -0.05) is 17.7 Å². The predicted octanol–water partition coefficient (Wildman–Crippen LogP) is 0.919. The van der Waals surface area contributed by atoms with E-state index in [1.807, 2.05) is 0 Å². The average Bonchev–Trinajstić information content (AvgIpc) is 2.57. The molecular weight excluding hydrogens is 188 g/mol. The van der Waals surface area contributed by atoms with E-state index >= 15 is 0 Å². The zero-order valence-corrected chi connectivity index (χ0v) is 8.70. The van der Waals surface area contributed by atoms with Crippen molar-refractivity contribution in [2.45, 2.75) is 19.8 Å². The van der Waals surface area contributed by atoms with Crippen LogP contribution < -0.4 is 11.5 Å². The van der Waals surface area contributed by atoms with Crippen LogP contribution in [0.25, 0.3) is 0 Å². The summed E-state index contributed by atoms with van der Waals surface area (Å²) in [5.41, 5.74) is 15.2. The molecule has 0 unspecified atom stereocenters. The molecule has 0 radical (unpaired) electrons. The largest absolute Gasteiger partial charge is 0.369 e. The third-order valence-corrected chi connectivity index (χ3v) is 2.49. The van der Waals surface area contributed by atoms with E-state index in [9.17, 15) is 0 Å². The molecule has 1 aromatic carbocycles. The van der Waals surface area contributed by atoms with Crippen LogP contribution in [0.15, 0.2) is 28.4 Å². The lowest BCUT2D eigenvalue weighted by molar-refractivity contribution is 1.08. The van der Waals surface area contributed by atoms with Crippen LogP contribution in [0, 0.1) is 6.92 Å². The van der Waals surface area contributed by atoms with E-state index in [1.165, 1.54) is 16.7 Å². The molecule has 4 heteroatoms. The molecule has 78 valence electrons. The minimum atomic E-state index is 0.00334. The molecule has 4 N–H and O–H groups in total. The standard InChI is InChI=1S/C11H14N4/c1-7-2-3-8-4-5-10(9(8)6-7)14-15-11(12)13/h2-3,6H,4-5H2,1H3,(H4,12,13,15)/b14-10+. The van der Waals surface area contributed by atoms with Gasteiger partial charge in [-0.05, 0) is 31.4 Å². The lowest BCUT2D eigenvalue weighted by atomic mass is 10.1. The van der Waals surface area contributed by atoms with Crippen LogP contribution >= 0.6 is 0 Å². The van der Waals surface area contributed by atoms with Crippen LogP contribution in [0.2, 0.25) is 0 Å². The van der Waals surface area contributed by atoms with Gasteiger partial charge in [0.15, 0.2) is 0 Å². The zero-order chi connectivity index (χ0) is 10.8. The molecule has 0 heterocycles. The molecule has 1 aliphatic rings. The van der Waals surface area contributed by atoms with E-state index in [0.29, 0.717) is 0 Å². The molecule has 0 aromatic heterocycles. The highest BCUT2D eigenvalue weighted by molar-refractivity contribution is 6.04. The first-order valence-electron chi connectivity index (χ1n) is 4.92. The number of benzene rings is 1. The highest BCUT2D eigenvalue weighted by atomic mass is 15.3. The van der Waals surface area contributed by atoms with Crippen LogP contribution in [0.4, 0.5) is 0 Å². The number of nitrogens with two attached hydrogens (primary N) is 2. The Labute approximate surface area is 88.7 Å². The summed E-state index contributed by atoms with van der Waals surface area (Å²) in [6.07, 6.45) is 1.93. The fraction of sp³-hybridized carbons (Fsp3) is 0.273. The number of nitrogens with zero attached hydrogens (tertiary/aromatic N) is 2. The van der Waals surface area contributed by atoms with Crippen molar-refractivity contribution in [3.63, 3.8) is 0 Å². The van der Waals surface area contributed by atoms with E-state index in [4.69, 9.17) is 11.5 Å². The van der Waals surface area contributed by atoms with Crippen LogP contribution in [0.3, 0.4) is 0 Å². The Balaban J connectivity index is 2.39. The maximum atomic E-state index is 5.24. The molecule has 0 bridgehead atoms. The van der Waals surface area contributed by atoms with Crippen molar-refractivity contribution in [1.82, 2.24) is 0 Å². The van der Waals surface area contributed by atoms with Crippen molar-refractivity contribution in [2.75, 3.05) is 0 Å². The van der Waals surface area contributed by atoms with Gasteiger partial charge < -0.3 is 11.5 Å². The SMILES string of the molecule is Cc1ccc2c(c1)/C(=N/N=C(N)N)CC2. The van der Waals surface area contributed by atoms with Crippen molar-refractivity contribution in [2.24, 2.45) is 21.7 Å². The molecule has 4 nitrogen and oxygen atoms in total. The van der Waals surface area contributed by atoms with Gasteiger partial charge in [-0.2, -0.15) is 5.10 Å². The normalized spacial score (nSPS) is 16.5. The molecule has 2 rings (SSSR count). The Morgan fingerprint density at radius 2 is 2.07 bits per heavy atom. The molecule has 0 atom stereocenters. The summed E-state index contributed by atoms with van der Waals surface area (Å²) in [7, 11) is 0. The summed E-state index contributed by atoms with van der Waals surface area (Å²) in [4.78, 5) is 0. The third kappa shape index (κ3) is 1.98. The Bertz CT molecular complexity index is 442. The Hall–Kier alpha value is -1.84. The van der Waals surface area contributed by atoms with Crippen molar-refractivity contribution in [3.8, 4) is 0 Å². The van der Waals surface area contributed by atoms with Gasteiger partial charge in [0.25, 0.3) is 0 Å². The second-order valence-electron chi connectivity index (χ2n) is 3.73. The van der Waals surface area contributed by atoms with Gasteiger partial charge in [0.05, 0.1) is 5.71 Å². The van der Waals surface area contributed by atoms with E-state index < -0.39 is 0 Å². The van der Waals surface area contributed by atoms with Gasteiger partial charge >= 0.3 is 0 Å². The van der Waals surface area contributed by atoms with Crippen molar-refractivity contribution in [1.29, 1.82) is 0 Å². The lowest BCUT2D eigenvalue weighted by Gasteiger charge is -2.00. The molecule has 15 heavy (non-hydrogen) atoms. The monoisotopic (exact) mass is 202 g/mol. The Morgan fingerprint density at radius 3 is 2.80 bits per heavy atom. The highest BCUT2D eigenvalue weighted by Crippen LogP contribution is 2.23. The lowest BCUT2D eigenvalue weighted by Crippen LogP contribution is -2.22. The van der Waals surface area contributed by atoms with Gasteiger partial charge in [0.1, 0.15) is 0 Å². The van der Waals surface area contributed by atoms with Crippen molar-refractivity contribution >= 4 is 11.7 Å². The molecule has 0 saturated carbocycles.